The van der Waals surface area contributed by atoms with Crippen LogP contribution in [0.1, 0.15) is 31.3 Å². The Hall–Kier alpha value is -2.18. The van der Waals surface area contributed by atoms with Gasteiger partial charge in [0.05, 0.1) is 28.3 Å². The van der Waals surface area contributed by atoms with Crippen molar-refractivity contribution in [2.24, 2.45) is 11.1 Å². The van der Waals surface area contributed by atoms with Crippen molar-refractivity contribution in [1.29, 1.82) is 0 Å². The monoisotopic (exact) mass is 490 g/mol. The van der Waals surface area contributed by atoms with Gasteiger partial charge in [-0.05, 0) is 32.8 Å². The molecule has 33 heavy (non-hydrogen) atoms. The number of aryl methyl sites for hydroxylation is 1. The first-order valence-corrected chi connectivity index (χ1v) is 12.1. The van der Waals surface area contributed by atoms with Crippen LogP contribution in [-0.2, 0) is 11.3 Å². The van der Waals surface area contributed by atoms with Gasteiger partial charge in [-0.25, -0.2) is 14.4 Å². The van der Waals surface area contributed by atoms with E-state index in [1.54, 1.807) is 12.3 Å². The first-order chi connectivity index (χ1) is 15.8. The van der Waals surface area contributed by atoms with Crippen LogP contribution in [-0.4, -0.2) is 61.5 Å². The molecule has 2 fully saturated rings. The maximum atomic E-state index is 9.95. The van der Waals surface area contributed by atoms with Crippen LogP contribution in [0.15, 0.2) is 22.1 Å². The smallest absolute Gasteiger partial charge is 0.213 e. The number of rotatable bonds is 4. The third-order valence-corrected chi connectivity index (χ3v) is 8.60. The predicted molar refractivity (Wildman–Crippen MR) is 126 cm³/mol. The molecule has 2 aliphatic rings. The number of ether oxygens (including phenoxy) is 1. The Balaban J connectivity index is 1.51. The lowest BCUT2D eigenvalue weighted by Crippen LogP contribution is -2.51. The van der Waals surface area contributed by atoms with Crippen molar-refractivity contribution in [3.05, 3.63) is 28.8 Å². The summed E-state index contributed by atoms with van der Waals surface area (Å²) in [6.45, 7) is 6.00. The van der Waals surface area contributed by atoms with Crippen LogP contribution in [0.4, 0.5) is 11.8 Å². The minimum atomic E-state index is -0.250. The Morgan fingerprint density at radius 1 is 1.33 bits per heavy atom. The van der Waals surface area contributed by atoms with Crippen molar-refractivity contribution in [2.45, 2.75) is 55.2 Å². The number of aliphatic hydroxyl groups is 1. The summed E-state index contributed by atoms with van der Waals surface area (Å²) in [5.41, 5.74) is 13.8. The molecule has 10 nitrogen and oxygen atoms in total. The Morgan fingerprint density at radius 3 is 2.76 bits per heavy atom. The summed E-state index contributed by atoms with van der Waals surface area (Å²) in [5.74, 6) is 1.42. The number of nitrogen functional groups attached to an aromatic ring is 1. The van der Waals surface area contributed by atoms with Crippen LogP contribution in [0.3, 0.4) is 0 Å². The van der Waals surface area contributed by atoms with Gasteiger partial charge in [0.1, 0.15) is 12.4 Å². The third-order valence-electron chi connectivity index (χ3n) is 6.85. The third kappa shape index (κ3) is 3.71. The second kappa shape index (κ2) is 8.55. The highest BCUT2D eigenvalue weighted by Gasteiger charge is 2.48. The predicted octanol–water partition coefficient (Wildman–Crippen LogP) is 2.04. The number of nitrogens with two attached hydrogens (primary N) is 2. The Labute approximate surface area is 200 Å². The zero-order valence-corrected chi connectivity index (χ0v) is 20.1. The first kappa shape index (κ1) is 22.6. The molecule has 0 saturated carbocycles. The van der Waals surface area contributed by atoms with Crippen molar-refractivity contribution in [3.8, 4) is 0 Å². The molecule has 176 valence electrons. The molecule has 2 atom stereocenters. The number of hydrogen-bond acceptors (Lipinski definition) is 10. The molecule has 1 spiro atoms. The van der Waals surface area contributed by atoms with Crippen LogP contribution in [0.25, 0.3) is 5.65 Å². The first-order valence-electron chi connectivity index (χ1n) is 10.9. The highest BCUT2D eigenvalue weighted by molar-refractivity contribution is 7.99. The highest BCUT2D eigenvalue weighted by atomic mass is 35.5. The molecule has 5 heterocycles. The molecule has 3 aromatic rings. The molecule has 12 heteroatoms. The lowest BCUT2D eigenvalue weighted by Gasteiger charge is -2.41. The maximum absolute atomic E-state index is 9.95. The Morgan fingerprint density at radius 2 is 2.09 bits per heavy atom. The van der Waals surface area contributed by atoms with Gasteiger partial charge in [0.2, 0.25) is 5.95 Å². The van der Waals surface area contributed by atoms with E-state index in [0.717, 1.165) is 47.4 Å². The number of hydrogen-bond donors (Lipinski definition) is 3. The number of fused-ring (bicyclic) bond motifs is 1. The molecular weight excluding hydrogens is 464 g/mol. The summed E-state index contributed by atoms with van der Waals surface area (Å²) < 4.78 is 7.69. The van der Waals surface area contributed by atoms with Crippen molar-refractivity contribution >= 4 is 40.8 Å². The lowest BCUT2D eigenvalue weighted by atomic mass is 9.73. The van der Waals surface area contributed by atoms with Gasteiger partial charge in [-0.3, -0.25) is 0 Å². The molecular formula is C21H27ClN8O2S. The number of nitrogens with zero attached hydrogens (tertiary/aromatic N) is 6. The van der Waals surface area contributed by atoms with Gasteiger partial charge < -0.3 is 26.2 Å². The highest BCUT2D eigenvalue weighted by Crippen LogP contribution is 2.43. The van der Waals surface area contributed by atoms with Gasteiger partial charge in [0, 0.05) is 35.6 Å². The normalized spacial score (nSPS) is 22.5. The van der Waals surface area contributed by atoms with Crippen LogP contribution in [0.5, 0.6) is 0 Å². The summed E-state index contributed by atoms with van der Waals surface area (Å²) in [5, 5.41) is 18.9. The molecule has 2 saturated heterocycles. The fourth-order valence-electron chi connectivity index (χ4n) is 4.78. The van der Waals surface area contributed by atoms with Crippen LogP contribution in [0.2, 0.25) is 5.02 Å². The van der Waals surface area contributed by atoms with E-state index in [0.29, 0.717) is 23.1 Å². The quantitative estimate of drug-likeness (QED) is 0.497. The van der Waals surface area contributed by atoms with E-state index >= 15 is 0 Å². The minimum absolute atomic E-state index is 0.00485. The van der Waals surface area contributed by atoms with Crippen molar-refractivity contribution in [2.75, 3.05) is 30.3 Å². The second-order valence-electron chi connectivity index (χ2n) is 8.76. The Kier molecular flexibility index (Phi) is 5.86. The van der Waals surface area contributed by atoms with E-state index in [1.807, 2.05) is 18.2 Å². The van der Waals surface area contributed by atoms with Gasteiger partial charge in [-0.2, -0.15) is 0 Å². The summed E-state index contributed by atoms with van der Waals surface area (Å²) in [6, 6.07) is 1.84. The van der Waals surface area contributed by atoms with E-state index in [-0.39, 0.29) is 30.0 Å². The van der Waals surface area contributed by atoms with E-state index < -0.39 is 0 Å². The van der Waals surface area contributed by atoms with Crippen LogP contribution in [0, 0.1) is 12.3 Å². The zero-order valence-electron chi connectivity index (χ0n) is 18.5. The number of anilines is 2. The van der Waals surface area contributed by atoms with E-state index in [1.165, 1.54) is 11.8 Å². The lowest BCUT2D eigenvalue weighted by molar-refractivity contribution is 0.0973. The molecule has 5 rings (SSSR count). The SMILES string of the molecule is Cc1nc(N2CCC3(CC2)CO[C@@H](C)[C@H]3N)n2c(CO)nnc2c1Sc1ccnc(N)c1Cl. The van der Waals surface area contributed by atoms with Gasteiger partial charge in [-0.15, -0.1) is 10.2 Å². The van der Waals surface area contributed by atoms with Gasteiger partial charge in [-0.1, -0.05) is 23.4 Å². The molecule has 5 N–H and O–H groups in total. The van der Waals surface area contributed by atoms with Crippen LogP contribution < -0.4 is 16.4 Å². The van der Waals surface area contributed by atoms with Crippen molar-refractivity contribution < 1.29 is 9.84 Å². The summed E-state index contributed by atoms with van der Waals surface area (Å²) in [4.78, 5) is 12.7. The fourth-order valence-corrected chi connectivity index (χ4v) is 5.96. The van der Waals surface area contributed by atoms with Gasteiger partial charge in [0.25, 0.3) is 0 Å². The second-order valence-corrected chi connectivity index (χ2v) is 10.2. The standard InChI is InChI=1S/C21H27ClN8O2S/c1-11-16(33-13-3-6-25-18(24)15(13)22)19-28-27-14(9-31)30(19)20(26-11)29-7-4-21(5-8-29)10-32-12(2)17(21)23/h3,6,12,17,31H,4-5,7-10,23H2,1-2H3,(H2,24,25)/t12-,17+/m0/s1. The van der Waals surface area contributed by atoms with E-state index in [4.69, 9.17) is 32.8 Å². The Bertz CT molecular complexity index is 1200. The fraction of sp³-hybridized carbons (Fsp3) is 0.524. The molecule has 3 aromatic heterocycles. The average Bonchev–Trinajstić information content (AvgIpc) is 3.36. The van der Waals surface area contributed by atoms with E-state index in [2.05, 4.69) is 20.1 Å². The van der Waals surface area contributed by atoms with E-state index in [9.17, 15) is 5.11 Å². The molecule has 0 unspecified atom stereocenters. The molecule has 0 aromatic carbocycles. The van der Waals surface area contributed by atoms with Gasteiger partial charge >= 0.3 is 0 Å². The topological polar surface area (TPSA) is 141 Å². The van der Waals surface area contributed by atoms with Gasteiger partial charge in [0.15, 0.2) is 11.5 Å². The summed E-state index contributed by atoms with van der Waals surface area (Å²) in [7, 11) is 0. The van der Waals surface area contributed by atoms with Crippen molar-refractivity contribution in [1.82, 2.24) is 24.6 Å². The molecule has 0 bridgehead atoms. The number of halogens is 1. The molecule has 0 radical (unpaired) electrons. The average molecular weight is 491 g/mol. The van der Waals surface area contributed by atoms with Crippen molar-refractivity contribution in [3.63, 3.8) is 0 Å². The van der Waals surface area contributed by atoms with Crippen LogP contribution >= 0.6 is 23.4 Å². The number of pyridine rings is 1. The summed E-state index contributed by atoms with van der Waals surface area (Å²) >= 11 is 7.78. The summed E-state index contributed by atoms with van der Waals surface area (Å²) in [6.07, 6.45) is 3.52. The molecule has 2 aliphatic heterocycles. The largest absolute Gasteiger partial charge is 0.388 e. The zero-order chi connectivity index (χ0) is 23.3. The number of piperidine rings is 1. The number of aromatic nitrogens is 5. The molecule has 0 amide bonds. The minimum Gasteiger partial charge on any atom is -0.388 e. The molecule has 0 aliphatic carbocycles. The number of aliphatic hydroxyl groups excluding tert-OH is 1. The maximum Gasteiger partial charge on any atom is 0.213 e.